The molecule has 1 aromatic carbocycles. The van der Waals surface area contributed by atoms with Gasteiger partial charge in [-0.1, -0.05) is 22.4 Å². The van der Waals surface area contributed by atoms with Crippen LogP contribution in [0.2, 0.25) is 0 Å². The Morgan fingerprint density at radius 1 is 1.35 bits per heavy atom. The van der Waals surface area contributed by atoms with Crippen molar-refractivity contribution in [1.29, 1.82) is 0 Å². The summed E-state index contributed by atoms with van der Waals surface area (Å²) in [6.45, 7) is 0. The van der Waals surface area contributed by atoms with Crippen LogP contribution in [0, 0.1) is 0 Å². The highest BCUT2D eigenvalue weighted by Gasteiger charge is 2.18. The van der Waals surface area contributed by atoms with Gasteiger partial charge >= 0.3 is 5.97 Å². The molecule has 0 amide bonds. The number of nitrogens with zero attached hydrogens (tertiary/aromatic N) is 2. The summed E-state index contributed by atoms with van der Waals surface area (Å²) in [5.41, 5.74) is 0.931. The van der Waals surface area contributed by atoms with Crippen LogP contribution in [-0.2, 0) is 4.74 Å². The van der Waals surface area contributed by atoms with Crippen molar-refractivity contribution in [1.82, 2.24) is 5.16 Å². The van der Waals surface area contributed by atoms with E-state index in [-0.39, 0.29) is 17.2 Å². The van der Waals surface area contributed by atoms with Crippen LogP contribution < -0.4 is 4.74 Å². The van der Waals surface area contributed by atoms with E-state index in [1.165, 1.54) is 20.3 Å². The van der Waals surface area contributed by atoms with Gasteiger partial charge in [-0.25, -0.2) is 4.79 Å². The second-order valence-electron chi connectivity index (χ2n) is 3.75. The third-order valence-corrected chi connectivity index (χ3v) is 2.58. The minimum absolute atomic E-state index is 0.0773. The fourth-order valence-corrected chi connectivity index (χ4v) is 1.61. The number of carbonyl (C=O) groups excluding carboxylic acids is 1. The summed E-state index contributed by atoms with van der Waals surface area (Å²) >= 11 is 0. The summed E-state index contributed by atoms with van der Waals surface area (Å²) < 4.78 is 14.4. The van der Waals surface area contributed by atoms with Crippen molar-refractivity contribution in [2.24, 2.45) is 5.16 Å². The number of carbonyl (C=O) groups is 1. The van der Waals surface area contributed by atoms with Gasteiger partial charge in [0.2, 0.25) is 5.76 Å². The van der Waals surface area contributed by atoms with E-state index in [1.54, 1.807) is 24.3 Å². The lowest BCUT2D eigenvalue weighted by Gasteiger charge is -2.03. The normalized spacial score (nSPS) is 11.2. The largest absolute Gasteiger partial charge is 0.497 e. The number of aromatic nitrogens is 1. The van der Waals surface area contributed by atoms with Crippen molar-refractivity contribution < 1.29 is 24.0 Å². The van der Waals surface area contributed by atoms with E-state index in [1.807, 2.05) is 0 Å². The predicted octanol–water partition coefficient (Wildman–Crippen LogP) is 1.70. The van der Waals surface area contributed by atoms with Gasteiger partial charge in [-0.2, -0.15) is 0 Å². The van der Waals surface area contributed by atoms with Crippen LogP contribution in [0.15, 0.2) is 40.0 Å². The van der Waals surface area contributed by atoms with Crippen molar-refractivity contribution in [2.45, 2.75) is 0 Å². The monoisotopic (exact) mass is 276 g/mol. The molecule has 7 heteroatoms. The van der Waals surface area contributed by atoms with E-state index in [0.717, 1.165) is 0 Å². The molecule has 0 unspecified atom stereocenters. The van der Waals surface area contributed by atoms with E-state index in [2.05, 4.69) is 15.0 Å². The first-order chi connectivity index (χ1) is 9.69. The highest BCUT2D eigenvalue weighted by Crippen LogP contribution is 2.17. The molecule has 0 aliphatic carbocycles. The topological polar surface area (TPSA) is 94.2 Å². The number of oxime groups is 1. The molecule has 0 fully saturated rings. The Labute approximate surface area is 114 Å². The van der Waals surface area contributed by atoms with Crippen molar-refractivity contribution >= 4 is 11.7 Å². The average Bonchev–Trinajstić information content (AvgIpc) is 2.97. The first-order valence-corrected chi connectivity index (χ1v) is 5.61. The number of rotatable bonds is 4. The number of hydrogen-bond acceptors (Lipinski definition) is 7. The Hall–Kier alpha value is -2.83. The molecule has 2 rings (SSSR count). The summed E-state index contributed by atoms with van der Waals surface area (Å²) in [7, 11) is 2.76. The van der Waals surface area contributed by atoms with Crippen molar-refractivity contribution in [3.63, 3.8) is 0 Å². The Bertz CT molecular complexity index is 648. The SMILES string of the molecule is COC(=O)c1cc(/C(=N\O)c2cccc(OC)c2)no1. The van der Waals surface area contributed by atoms with Gasteiger partial charge in [-0.15, -0.1) is 0 Å². The van der Waals surface area contributed by atoms with Crippen LogP contribution in [0.25, 0.3) is 0 Å². The smallest absolute Gasteiger partial charge is 0.376 e. The van der Waals surface area contributed by atoms with E-state index in [4.69, 9.17) is 14.5 Å². The zero-order valence-corrected chi connectivity index (χ0v) is 10.9. The second kappa shape index (κ2) is 5.87. The lowest BCUT2D eigenvalue weighted by atomic mass is 10.1. The average molecular weight is 276 g/mol. The summed E-state index contributed by atoms with van der Waals surface area (Å²) in [5.74, 6) is -0.140. The number of benzene rings is 1. The Balaban J connectivity index is 2.37. The highest BCUT2D eigenvalue weighted by atomic mass is 16.5. The van der Waals surface area contributed by atoms with Gasteiger partial charge in [-0.3, -0.25) is 0 Å². The van der Waals surface area contributed by atoms with Crippen molar-refractivity contribution in [3.05, 3.63) is 47.3 Å². The van der Waals surface area contributed by atoms with E-state index in [9.17, 15) is 4.79 Å². The molecule has 1 N–H and O–H groups in total. The van der Waals surface area contributed by atoms with Crippen molar-refractivity contribution in [3.8, 4) is 5.75 Å². The molecule has 2 aromatic rings. The van der Waals surface area contributed by atoms with Crippen molar-refractivity contribution in [2.75, 3.05) is 14.2 Å². The van der Waals surface area contributed by atoms with Gasteiger partial charge in [0, 0.05) is 11.6 Å². The highest BCUT2D eigenvalue weighted by molar-refractivity contribution is 6.12. The van der Waals surface area contributed by atoms with Gasteiger partial charge in [0.1, 0.15) is 17.2 Å². The van der Waals surface area contributed by atoms with Crippen LogP contribution in [0.3, 0.4) is 0 Å². The van der Waals surface area contributed by atoms with Crippen LogP contribution in [0.4, 0.5) is 0 Å². The summed E-state index contributed by atoms with van der Waals surface area (Å²) in [4.78, 5) is 11.3. The maximum Gasteiger partial charge on any atom is 0.376 e. The van der Waals surface area contributed by atoms with Gasteiger partial charge in [-0.05, 0) is 12.1 Å². The van der Waals surface area contributed by atoms with Crippen LogP contribution >= 0.6 is 0 Å². The quantitative estimate of drug-likeness (QED) is 0.395. The molecule has 104 valence electrons. The zero-order chi connectivity index (χ0) is 14.5. The molecule has 20 heavy (non-hydrogen) atoms. The maximum absolute atomic E-state index is 11.3. The molecule has 0 saturated heterocycles. The van der Waals surface area contributed by atoms with Crippen LogP contribution in [0.1, 0.15) is 21.8 Å². The van der Waals surface area contributed by atoms with Crippen LogP contribution in [0.5, 0.6) is 5.75 Å². The molecule has 0 atom stereocenters. The molecule has 0 aliphatic heterocycles. The lowest BCUT2D eigenvalue weighted by Crippen LogP contribution is -2.04. The minimum atomic E-state index is -0.660. The number of ether oxygens (including phenoxy) is 2. The van der Waals surface area contributed by atoms with Gasteiger partial charge in [0.05, 0.1) is 14.2 Å². The van der Waals surface area contributed by atoms with E-state index >= 15 is 0 Å². The third kappa shape index (κ3) is 2.61. The molecule has 0 bridgehead atoms. The maximum atomic E-state index is 11.3. The molecular formula is C13H12N2O5. The fourth-order valence-electron chi connectivity index (χ4n) is 1.61. The summed E-state index contributed by atoms with van der Waals surface area (Å²) in [6.07, 6.45) is 0. The lowest BCUT2D eigenvalue weighted by molar-refractivity contribution is 0.0554. The van der Waals surface area contributed by atoms with E-state index in [0.29, 0.717) is 11.3 Å². The molecule has 7 nitrogen and oxygen atoms in total. The Kier molecular flexibility index (Phi) is 3.99. The van der Waals surface area contributed by atoms with Crippen LogP contribution in [-0.4, -0.2) is 36.3 Å². The predicted molar refractivity (Wildman–Crippen MR) is 68.3 cm³/mol. The molecule has 1 aromatic heterocycles. The fraction of sp³-hybridized carbons (Fsp3) is 0.154. The second-order valence-corrected chi connectivity index (χ2v) is 3.75. The Morgan fingerprint density at radius 3 is 2.80 bits per heavy atom. The number of esters is 1. The molecular weight excluding hydrogens is 264 g/mol. The summed E-state index contributed by atoms with van der Waals surface area (Å²) in [5, 5.41) is 16.0. The summed E-state index contributed by atoms with van der Waals surface area (Å²) in [6, 6.07) is 8.20. The standard InChI is InChI=1S/C13H12N2O5/c1-18-9-5-3-4-8(6-9)12(14-17)10-7-11(20-15-10)13(16)19-2/h3-7,17H,1-2H3/b14-12-. The minimum Gasteiger partial charge on any atom is -0.497 e. The number of methoxy groups -OCH3 is 2. The molecule has 0 aliphatic rings. The molecule has 1 heterocycles. The molecule has 0 spiro atoms. The van der Waals surface area contributed by atoms with Gasteiger partial charge in [0.15, 0.2) is 0 Å². The zero-order valence-electron chi connectivity index (χ0n) is 10.9. The third-order valence-electron chi connectivity index (χ3n) is 2.58. The van der Waals surface area contributed by atoms with E-state index < -0.39 is 5.97 Å². The molecule has 0 radical (unpaired) electrons. The number of hydrogen-bond donors (Lipinski definition) is 1. The van der Waals surface area contributed by atoms with Gasteiger partial charge < -0.3 is 19.2 Å². The first-order valence-electron chi connectivity index (χ1n) is 5.61. The van der Waals surface area contributed by atoms with Gasteiger partial charge in [0.25, 0.3) is 0 Å². The first kappa shape index (κ1) is 13.6. The Morgan fingerprint density at radius 2 is 2.15 bits per heavy atom. The molecule has 0 saturated carbocycles.